The molecule has 0 saturated carbocycles. The van der Waals surface area contributed by atoms with Crippen molar-refractivity contribution in [3.63, 3.8) is 0 Å². The lowest BCUT2D eigenvalue weighted by Crippen LogP contribution is -2.65. The average molecular weight is 1340 g/mol. The molecule has 7 rings (SSSR count). The second kappa shape index (κ2) is 31.5. The second-order valence-electron chi connectivity index (χ2n) is 20.8. The molecule has 4 saturated heterocycles. The van der Waals surface area contributed by atoms with Crippen molar-refractivity contribution < 1.29 is 102 Å². The van der Waals surface area contributed by atoms with E-state index in [1.54, 1.807) is 40.9 Å². The van der Waals surface area contributed by atoms with Crippen LogP contribution < -0.4 is 30.3 Å². The number of allylic oxidation sites excluding steroid dienone is 3. The van der Waals surface area contributed by atoms with Gasteiger partial charge >= 0.3 is 6.09 Å². The van der Waals surface area contributed by atoms with Crippen LogP contribution in [0.1, 0.15) is 69.8 Å². The fourth-order valence-corrected chi connectivity index (χ4v) is 14.6. The number of hydroxylamine groups is 1. The van der Waals surface area contributed by atoms with E-state index in [0.717, 1.165) is 18.9 Å². The number of benzene rings is 1. The number of carbonyl (C=O) groups is 3. The van der Waals surface area contributed by atoms with Gasteiger partial charge < -0.3 is 87.7 Å². The summed E-state index contributed by atoms with van der Waals surface area (Å²) in [6.07, 6.45) is -12.1. The van der Waals surface area contributed by atoms with E-state index in [1.165, 1.54) is 64.9 Å². The van der Waals surface area contributed by atoms with Gasteiger partial charge in [0.2, 0.25) is 17.2 Å². The Kier molecular flexibility index (Phi) is 25.7. The number of rotatable bonds is 22. The van der Waals surface area contributed by atoms with Gasteiger partial charge in [-0.1, -0.05) is 77.0 Å². The lowest BCUT2D eigenvalue weighted by Gasteiger charge is -2.47. The van der Waals surface area contributed by atoms with Gasteiger partial charge in [-0.15, -0.1) is 0 Å². The summed E-state index contributed by atoms with van der Waals surface area (Å²) in [5, 5.41) is 62.8. The van der Waals surface area contributed by atoms with Crippen molar-refractivity contribution in [3.8, 4) is 40.9 Å². The van der Waals surface area contributed by atoms with Crippen LogP contribution in [0.15, 0.2) is 39.5 Å². The Hall–Kier alpha value is -3.19. The molecule has 4 fully saturated rings. The largest absolute Gasteiger partial charge is 0.492 e. The number of ether oxygens (including phenoxy) is 12. The van der Waals surface area contributed by atoms with E-state index in [9.17, 15) is 39.9 Å². The topological polar surface area (TPSA) is 308 Å². The minimum atomic E-state index is -2.06. The van der Waals surface area contributed by atoms with Gasteiger partial charge in [-0.25, -0.2) is 4.79 Å². The average Bonchev–Trinajstić information content (AvgIpc) is 1.96. The molecule has 1 amide bonds. The monoisotopic (exact) mass is 1330 g/mol. The maximum Gasteiger partial charge on any atom is 0.411 e. The third-order valence-electron chi connectivity index (χ3n) is 14.8. The number of fused-ring (bicyclic) bond motifs is 2. The van der Waals surface area contributed by atoms with E-state index in [2.05, 4.69) is 55.7 Å². The van der Waals surface area contributed by atoms with Crippen LogP contribution in [-0.4, -0.2) is 218 Å². The van der Waals surface area contributed by atoms with Crippen LogP contribution in [0.5, 0.6) is 17.2 Å². The summed E-state index contributed by atoms with van der Waals surface area (Å²) < 4.78 is 72.4. The molecule has 8 N–H and O–H groups in total. The molecule has 4 aliphatic heterocycles. The molecular formula is C56H76BrN3O21S4. The van der Waals surface area contributed by atoms with E-state index in [0.29, 0.717) is 11.3 Å². The van der Waals surface area contributed by atoms with E-state index in [-0.39, 0.29) is 81.8 Å². The number of Topliss-reactive ketones (excluding diaryl/α,β-unsaturated/α-hetero) is 1. The van der Waals surface area contributed by atoms with Gasteiger partial charge in [0.05, 0.1) is 97.9 Å². The summed E-state index contributed by atoms with van der Waals surface area (Å²) in [5.74, 6) is 11.2. The first-order chi connectivity index (χ1) is 40.5. The lowest BCUT2D eigenvalue weighted by molar-refractivity contribution is -0.336. The number of ketones is 1. The summed E-state index contributed by atoms with van der Waals surface area (Å²) in [6, 6.07) is -1.20. The molecule has 472 valence electrons. The Morgan fingerprint density at radius 1 is 0.882 bits per heavy atom. The van der Waals surface area contributed by atoms with Gasteiger partial charge in [0.1, 0.15) is 36.6 Å². The molecule has 1 aromatic carbocycles. The second-order valence-corrected chi connectivity index (χ2v) is 27.2. The molecule has 19 atom stereocenters. The van der Waals surface area contributed by atoms with Crippen molar-refractivity contribution in [1.29, 1.82) is 0 Å². The first kappa shape index (κ1) is 69.3. The molecule has 6 aliphatic rings. The van der Waals surface area contributed by atoms with Crippen molar-refractivity contribution in [1.82, 2.24) is 16.1 Å². The number of aliphatic hydroxyl groups excluding tert-OH is 4. The zero-order valence-corrected chi connectivity index (χ0v) is 53.9. The normalized spacial score (nSPS) is 35.7. The van der Waals surface area contributed by atoms with E-state index in [4.69, 9.17) is 61.7 Å². The molecular weight excluding hydrogens is 1260 g/mol. The van der Waals surface area contributed by atoms with Gasteiger partial charge in [-0.05, 0) is 77.4 Å². The van der Waals surface area contributed by atoms with Crippen LogP contribution in [-0.2, 0) is 52.3 Å². The number of methoxy groups -OCH3 is 5. The number of hydrogen-bond donors (Lipinski definition) is 8. The molecule has 2 bridgehead atoms. The molecule has 85 heavy (non-hydrogen) atoms. The number of alkyl carbamates (subject to hydrolysis) is 1. The highest BCUT2D eigenvalue weighted by molar-refractivity contribution is 9.10. The predicted octanol–water partition coefficient (Wildman–Crippen LogP) is 3.74. The fourth-order valence-electron chi connectivity index (χ4n) is 10.6. The minimum absolute atomic E-state index is 0.00108. The quantitative estimate of drug-likeness (QED) is 0.0355. The maximum absolute atomic E-state index is 14.4. The molecule has 2 aliphatic carbocycles. The summed E-state index contributed by atoms with van der Waals surface area (Å²) >= 11 is 4.36. The highest BCUT2D eigenvalue weighted by atomic mass is 79.9. The smallest absolute Gasteiger partial charge is 0.411 e. The number of nitrogens with one attached hydrogen (secondary N) is 3. The van der Waals surface area contributed by atoms with E-state index >= 15 is 0 Å². The molecule has 0 aromatic heterocycles. The Morgan fingerprint density at radius 3 is 2.26 bits per heavy atom. The van der Waals surface area contributed by atoms with Crippen LogP contribution >= 0.6 is 59.1 Å². The minimum Gasteiger partial charge on any atom is -0.492 e. The first-order valence-electron chi connectivity index (χ1n) is 27.3. The number of halogens is 1. The summed E-state index contributed by atoms with van der Waals surface area (Å²) in [4.78, 5) is 47.6. The summed E-state index contributed by atoms with van der Waals surface area (Å²) in [5.41, 5.74) is 1.18. The van der Waals surface area contributed by atoms with Gasteiger partial charge in [0.25, 0.3) is 0 Å². The third kappa shape index (κ3) is 16.2. The van der Waals surface area contributed by atoms with Gasteiger partial charge in [-0.2, -0.15) is 5.48 Å². The Labute approximate surface area is 518 Å². The van der Waals surface area contributed by atoms with Crippen LogP contribution in [0.3, 0.4) is 0 Å². The van der Waals surface area contributed by atoms with Crippen molar-refractivity contribution in [2.75, 3.05) is 54.2 Å². The van der Waals surface area contributed by atoms with Crippen molar-refractivity contribution in [2.45, 2.75) is 182 Å². The number of hydrogen-bond acceptors (Lipinski definition) is 27. The van der Waals surface area contributed by atoms with Crippen LogP contribution in [0.25, 0.3) is 0 Å². The molecule has 4 heterocycles. The van der Waals surface area contributed by atoms with Crippen LogP contribution in [0, 0.1) is 30.6 Å². The molecule has 29 heteroatoms. The molecule has 0 spiro atoms. The zero-order chi connectivity index (χ0) is 62.0. The van der Waals surface area contributed by atoms with Gasteiger partial charge in [-0.3, -0.25) is 19.7 Å². The highest BCUT2D eigenvalue weighted by Crippen LogP contribution is 2.51. The molecule has 24 nitrogen and oxygen atoms in total. The molecule has 1 aromatic rings. The van der Waals surface area contributed by atoms with Crippen molar-refractivity contribution in [2.24, 2.45) is 0 Å². The number of amides is 1. The highest BCUT2D eigenvalue weighted by Gasteiger charge is 2.52. The number of carbonyl (C=O) groups excluding carboxylic acids is 3. The van der Waals surface area contributed by atoms with Gasteiger partial charge in [0, 0.05) is 50.0 Å². The summed E-state index contributed by atoms with van der Waals surface area (Å²) in [6.45, 7) is 10.7. The van der Waals surface area contributed by atoms with Crippen LogP contribution in [0.4, 0.5) is 4.79 Å². The Morgan fingerprint density at radius 2 is 1.60 bits per heavy atom. The Bertz CT molecular complexity index is 2750. The van der Waals surface area contributed by atoms with E-state index in [1.807, 2.05) is 20.1 Å². The summed E-state index contributed by atoms with van der Waals surface area (Å²) in [7, 11) is 11.2. The third-order valence-corrected chi connectivity index (χ3v) is 20.9. The Balaban J connectivity index is 1.12. The van der Waals surface area contributed by atoms with Crippen molar-refractivity contribution >= 4 is 76.1 Å². The first-order valence-corrected chi connectivity index (χ1v) is 33.0. The van der Waals surface area contributed by atoms with Crippen LogP contribution in [0.2, 0.25) is 0 Å². The maximum atomic E-state index is 14.4. The number of thioether (sulfide) groups is 1. The SMILES string of the molecule is COC(=O)NC1=C2/C(=C/CSSSC)[C@](O)(C#C/C=C\C#CC2OC2OC(C)C(NOC3CC(O)C(SC(=O)c4c(C)c(Br)c(OC5OC(C)C(O)C(OC)C5O)c(OC)c4OC)C(C)O3)C(O)C2OC2CC(OC)C(NC(C)C)CO2)CC1=O. The zero-order valence-electron chi connectivity index (χ0n) is 49.0. The van der Waals surface area contributed by atoms with Crippen molar-refractivity contribution in [3.05, 3.63) is 50.7 Å². The molecule has 0 radical (unpaired) electrons. The molecule has 18 unspecified atom stereocenters. The fraction of sp³-hybridized carbons (Fsp3) is 0.661. The standard InChI is InChI=1S/C56H76BrN3O21S4/c1-25(2)58-31-24-74-36(22-35(31)69-7)79-49-44(64)41(27(4)76-54(49)78-34-17-15-13-14-16-19-56(68)23-33(62)42(59-55(67)73-11)39(34)30(56)18-20-83-85-82-12)60-81-37-21-32(61)51(29(6)75-37)84-52(66)38-26(3)40(57)47(50(72-10)46(38)70-8)80-53-45(65)48(71-9)43(63)28(5)77-53/h13-14,18,25,27-29,31-32,34-37,41,43-45,48-49,51,53-54,58,60-61,63-65,68H,20-24H2,1-12H3,(H,59,67)/b14-13-,30-18-/t27?,28?,29?,31?,32?,34?,35?,36?,37?,41?,43?,44?,45?,48?,49?,51?,53?,54?,56-/m0/s1. The number of aliphatic hydroxyl groups is 5. The van der Waals surface area contributed by atoms with E-state index < -0.39 is 127 Å². The lowest BCUT2D eigenvalue weighted by atomic mass is 9.75. The predicted molar refractivity (Wildman–Crippen MR) is 319 cm³/mol. The van der Waals surface area contributed by atoms with Gasteiger partial charge in [0.15, 0.2) is 41.8 Å².